The zero-order chi connectivity index (χ0) is 18.3. The average molecular weight is 336 g/mol. The number of amides is 2. The number of hydrogen-bond donors (Lipinski definition) is 2. The SMILES string of the molecule is COc1ccc(CNC(=O)C(C)(C)C(=O)NCC(C)C)cc1OC. The molecule has 0 aromatic heterocycles. The molecular formula is C18H28N2O4. The van der Waals surface area contributed by atoms with Gasteiger partial charge in [0.1, 0.15) is 5.41 Å². The second-order valence-corrected chi connectivity index (χ2v) is 6.60. The topological polar surface area (TPSA) is 76.7 Å². The van der Waals surface area contributed by atoms with Crippen LogP contribution in [0.4, 0.5) is 0 Å². The fourth-order valence-corrected chi connectivity index (χ4v) is 2.01. The van der Waals surface area contributed by atoms with E-state index in [1.54, 1.807) is 40.2 Å². The van der Waals surface area contributed by atoms with Crippen LogP contribution in [0, 0.1) is 11.3 Å². The van der Waals surface area contributed by atoms with E-state index >= 15 is 0 Å². The van der Waals surface area contributed by atoms with Crippen molar-refractivity contribution in [2.75, 3.05) is 20.8 Å². The second-order valence-electron chi connectivity index (χ2n) is 6.60. The lowest BCUT2D eigenvalue weighted by molar-refractivity contribution is -0.141. The first kappa shape index (κ1) is 19.8. The molecule has 6 heteroatoms. The number of hydrogen-bond acceptors (Lipinski definition) is 4. The average Bonchev–Trinajstić information content (AvgIpc) is 2.56. The minimum absolute atomic E-state index is 0.277. The van der Waals surface area contributed by atoms with E-state index in [9.17, 15) is 9.59 Å². The molecule has 0 radical (unpaired) electrons. The molecule has 0 aliphatic rings. The van der Waals surface area contributed by atoms with Gasteiger partial charge in [0.15, 0.2) is 11.5 Å². The van der Waals surface area contributed by atoms with Gasteiger partial charge in [0, 0.05) is 13.1 Å². The van der Waals surface area contributed by atoms with Gasteiger partial charge in [-0.1, -0.05) is 19.9 Å². The van der Waals surface area contributed by atoms with Crippen LogP contribution in [0.2, 0.25) is 0 Å². The van der Waals surface area contributed by atoms with Crippen molar-refractivity contribution in [2.24, 2.45) is 11.3 Å². The van der Waals surface area contributed by atoms with Gasteiger partial charge in [-0.3, -0.25) is 9.59 Å². The fraction of sp³-hybridized carbons (Fsp3) is 0.556. The number of benzene rings is 1. The van der Waals surface area contributed by atoms with Crippen molar-refractivity contribution in [3.63, 3.8) is 0 Å². The van der Waals surface area contributed by atoms with Gasteiger partial charge < -0.3 is 20.1 Å². The summed E-state index contributed by atoms with van der Waals surface area (Å²) in [6.45, 7) is 8.10. The van der Waals surface area contributed by atoms with Crippen molar-refractivity contribution in [3.8, 4) is 11.5 Å². The highest BCUT2D eigenvalue weighted by Crippen LogP contribution is 2.27. The van der Waals surface area contributed by atoms with Crippen LogP contribution in [-0.2, 0) is 16.1 Å². The summed E-state index contributed by atoms with van der Waals surface area (Å²) < 4.78 is 10.4. The molecule has 0 unspecified atom stereocenters. The van der Waals surface area contributed by atoms with Crippen molar-refractivity contribution >= 4 is 11.8 Å². The zero-order valence-electron chi connectivity index (χ0n) is 15.4. The highest BCUT2D eigenvalue weighted by molar-refractivity contribution is 6.04. The maximum atomic E-state index is 12.4. The van der Waals surface area contributed by atoms with Crippen LogP contribution in [-0.4, -0.2) is 32.6 Å². The summed E-state index contributed by atoms with van der Waals surface area (Å²) in [7, 11) is 3.12. The van der Waals surface area contributed by atoms with E-state index in [-0.39, 0.29) is 11.8 Å². The van der Waals surface area contributed by atoms with Crippen LogP contribution < -0.4 is 20.1 Å². The van der Waals surface area contributed by atoms with Crippen LogP contribution in [0.15, 0.2) is 18.2 Å². The Bertz CT molecular complexity index is 582. The van der Waals surface area contributed by atoms with Gasteiger partial charge >= 0.3 is 0 Å². The van der Waals surface area contributed by atoms with Crippen molar-refractivity contribution in [1.82, 2.24) is 10.6 Å². The number of nitrogens with one attached hydrogen (secondary N) is 2. The Morgan fingerprint density at radius 1 is 1.04 bits per heavy atom. The van der Waals surface area contributed by atoms with E-state index in [0.29, 0.717) is 30.5 Å². The van der Waals surface area contributed by atoms with E-state index in [1.807, 2.05) is 19.9 Å². The van der Waals surface area contributed by atoms with Gasteiger partial charge in [0.05, 0.1) is 14.2 Å². The maximum Gasteiger partial charge on any atom is 0.235 e. The van der Waals surface area contributed by atoms with E-state index in [2.05, 4.69) is 10.6 Å². The molecule has 0 fully saturated rings. The van der Waals surface area contributed by atoms with Crippen molar-refractivity contribution in [2.45, 2.75) is 34.2 Å². The molecule has 0 spiro atoms. The molecule has 24 heavy (non-hydrogen) atoms. The molecule has 1 rings (SSSR count). The largest absolute Gasteiger partial charge is 0.493 e. The maximum absolute atomic E-state index is 12.4. The fourth-order valence-electron chi connectivity index (χ4n) is 2.01. The van der Waals surface area contributed by atoms with E-state index in [0.717, 1.165) is 5.56 Å². The smallest absolute Gasteiger partial charge is 0.235 e. The van der Waals surface area contributed by atoms with Gasteiger partial charge in [-0.25, -0.2) is 0 Å². The van der Waals surface area contributed by atoms with Crippen molar-refractivity contribution in [1.29, 1.82) is 0 Å². The predicted molar refractivity (Wildman–Crippen MR) is 93.0 cm³/mol. The van der Waals surface area contributed by atoms with E-state index < -0.39 is 5.41 Å². The number of carbonyl (C=O) groups is 2. The quantitative estimate of drug-likeness (QED) is 0.713. The number of rotatable bonds is 8. The second kappa shape index (κ2) is 8.57. The summed E-state index contributed by atoms with van der Waals surface area (Å²) in [4.78, 5) is 24.6. The highest BCUT2D eigenvalue weighted by Gasteiger charge is 2.35. The van der Waals surface area contributed by atoms with Crippen LogP contribution >= 0.6 is 0 Å². The van der Waals surface area contributed by atoms with Crippen molar-refractivity contribution < 1.29 is 19.1 Å². The minimum atomic E-state index is -1.13. The molecule has 0 saturated heterocycles. The van der Waals surface area contributed by atoms with Crippen molar-refractivity contribution in [3.05, 3.63) is 23.8 Å². The number of methoxy groups -OCH3 is 2. The Hall–Kier alpha value is -2.24. The number of carbonyl (C=O) groups excluding carboxylic acids is 2. The Kier molecular flexibility index (Phi) is 7.07. The molecule has 2 N–H and O–H groups in total. The molecule has 0 atom stereocenters. The van der Waals surface area contributed by atoms with Gasteiger partial charge in [-0.2, -0.15) is 0 Å². The Labute approximate surface area is 143 Å². The predicted octanol–water partition coefficient (Wildman–Crippen LogP) is 2.12. The van der Waals surface area contributed by atoms with Gasteiger partial charge in [0.25, 0.3) is 0 Å². The molecule has 134 valence electrons. The van der Waals surface area contributed by atoms with E-state index in [4.69, 9.17) is 9.47 Å². The summed E-state index contributed by atoms with van der Waals surface area (Å²) >= 11 is 0. The zero-order valence-corrected chi connectivity index (χ0v) is 15.4. The lowest BCUT2D eigenvalue weighted by Crippen LogP contribution is -2.48. The highest BCUT2D eigenvalue weighted by atomic mass is 16.5. The lowest BCUT2D eigenvalue weighted by atomic mass is 9.90. The molecule has 2 amide bonds. The molecule has 6 nitrogen and oxygen atoms in total. The molecule has 0 heterocycles. The molecule has 0 saturated carbocycles. The third-order valence-corrected chi connectivity index (χ3v) is 3.71. The monoisotopic (exact) mass is 336 g/mol. The Morgan fingerprint density at radius 3 is 2.17 bits per heavy atom. The lowest BCUT2D eigenvalue weighted by Gasteiger charge is -2.23. The molecule has 0 bridgehead atoms. The van der Waals surface area contributed by atoms with Gasteiger partial charge in [0.2, 0.25) is 11.8 Å². The number of ether oxygens (including phenoxy) is 2. The molecular weight excluding hydrogens is 308 g/mol. The third-order valence-electron chi connectivity index (χ3n) is 3.71. The minimum Gasteiger partial charge on any atom is -0.493 e. The van der Waals surface area contributed by atoms with Crippen LogP contribution in [0.25, 0.3) is 0 Å². The summed E-state index contributed by atoms with van der Waals surface area (Å²) in [5, 5.41) is 5.60. The van der Waals surface area contributed by atoms with Crippen LogP contribution in [0.3, 0.4) is 0 Å². The molecule has 0 aliphatic carbocycles. The normalized spacial score (nSPS) is 11.1. The third kappa shape index (κ3) is 5.15. The summed E-state index contributed by atoms with van der Waals surface area (Å²) in [5.74, 6) is 0.957. The standard InChI is InChI=1S/C18H28N2O4/c1-12(2)10-19-16(21)18(3,4)17(22)20-11-13-7-8-14(23-5)15(9-13)24-6/h7-9,12H,10-11H2,1-6H3,(H,19,21)(H,20,22). The molecule has 1 aromatic rings. The van der Waals surface area contributed by atoms with Gasteiger partial charge in [-0.15, -0.1) is 0 Å². The van der Waals surface area contributed by atoms with E-state index in [1.165, 1.54) is 0 Å². The van der Waals surface area contributed by atoms with Crippen LogP contribution in [0.1, 0.15) is 33.3 Å². The summed E-state index contributed by atoms with van der Waals surface area (Å²) in [6, 6.07) is 5.42. The first-order valence-electron chi connectivity index (χ1n) is 7.99. The molecule has 0 aliphatic heterocycles. The summed E-state index contributed by atoms with van der Waals surface area (Å²) in [5.41, 5.74) is -0.273. The van der Waals surface area contributed by atoms with Crippen LogP contribution in [0.5, 0.6) is 11.5 Å². The Balaban J connectivity index is 2.69. The Morgan fingerprint density at radius 2 is 1.62 bits per heavy atom. The summed E-state index contributed by atoms with van der Waals surface area (Å²) in [6.07, 6.45) is 0. The first-order chi connectivity index (χ1) is 11.2. The molecule has 1 aromatic carbocycles. The van der Waals surface area contributed by atoms with Gasteiger partial charge in [-0.05, 0) is 37.5 Å². The first-order valence-corrected chi connectivity index (χ1v) is 7.99.